The fourth-order valence-electron chi connectivity index (χ4n) is 1.17. The average Bonchev–Trinajstić information content (AvgIpc) is 2.61. The van der Waals surface area contributed by atoms with E-state index in [1.54, 1.807) is 6.07 Å². The number of aromatic nitrogens is 1. The molecule has 1 rings (SSSR count). The quantitative estimate of drug-likeness (QED) is 0.742. The highest BCUT2D eigenvalue weighted by molar-refractivity contribution is 5.03. The highest BCUT2D eigenvalue weighted by atomic mass is 16.5. The molecule has 0 amide bonds. The Morgan fingerprint density at radius 1 is 1.46 bits per heavy atom. The molecule has 0 bridgehead atoms. The molecule has 0 atom stereocenters. The summed E-state index contributed by atoms with van der Waals surface area (Å²) in [5.74, 6) is 0.813. The summed E-state index contributed by atoms with van der Waals surface area (Å²) in [5, 5.41) is 12.5. The van der Waals surface area contributed by atoms with Crippen molar-refractivity contribution in [1.82, 2.24) is 10.1 Å². The van der Waals surface area contributed by atoms with Crippen molar-refractivity contribution in [3.63, 3.8) is 0 Å². The minimum absolute atomic E-state index is 0.0538. The largest absolute Gasteiger partial charge is 0.390 e. The Morgan fingerprint density at radius 2 is 2.15 bits per heavy atom. The first kappa shape index (κ1) is 10.2. The van der Waals surface area contributed by atoms with E-state index in [0.29, 0.717) is 5.69 Å². The second-order valence-electron chi connectivity index (χ2n) is 2.90. The molecular formula is C9H16N2O2. The van der Waals surface area contributed by atoms with Gasteiger partial charge in [0, 0.05) is 6.07 Å². The first-order valence-electron chi connectivity index (χ1n) is 4.57. The van der Waals surface area contributed by atoms with Crippen LogP contribution in [0.3, 0.4) is 0 Å². The minimum atomic E-state index is -0.0538. The van der Waals surface area contributed by atoms with E-state index in [2.05, 4.69) is 23.9 Å². The van der Waals surface area contributed by atoms with Crippen molar-refractivity contribution in [3.05, 3.63) is 17.5 Å². The van der Waals surface area contributed by atoms with Gasteiger partial charge >= 0.3 is 0 Å². The normalized spacial score (nSPS) is 11.1. The number of hydrogen-bond acceptors (Lipinski definition) is 4. The predicted molar refractivity (Wildman–Crippen MR) is 49.1 cm³/mol. The molecule has 1 aromatic rings. The molecule has 1 N–H and O–H groups in total. The van der Waals surface area contributed by atoms with E-state index in [4.69, 9.17) is 9.63 Å². The number of rotatable bonds is 5. The van der Waals surface area contributed by atoms with Gasteiger partial charge in [0.1, 0.15) is 5.69 Å². The highest BCUT2D eigenvalue weighted by Crippen LogP contribution is 2.06. The van der Waals surface area contributed by atoms with Crippen LogP contribution in [0.4, 0.5) is 0 Å². The fraction of sp³-hybridized carbons (Fsp3) is 0.667. The summed E-state index contributed by atoms with van der Waals surface area (Å²) in [6, 6.07) is 1.79. The van der Waals surface area contributed by atoms with Crippen LogP contribution in [0, 0.1) is 0 Å². The molecule has 4 nitrogen and oxygen atoms in total. The van der Waals surface area contributed by atoms with E-state index < -0.39 is 0 Å². The molecule has 0 unspecified atom stereocenters. The van der Waals surface area contributed by atoms with Gasteiger partial charge in [-0.05, 0) is 13.1 Å². The van der Waals surface area contributed by atoms with Crippen molar-refractivity contribution in [2.75, 3.05) is 13.1 Å². The van der Waals surface area contributed by atoms with Crippen molar-refractivity contribution in [2.45, 2.75) is 27.0 Å². The molecule has 0 aliphatic rings. The molecule has 1 aromatic heterocycles. The molecule has 4 heteroatoms. The van der Waals surface area contributed by atoms with Gasteiger partial charge in [-0.15, -0.1) is 0 Å². The van der Waals surface area contributed by atoms with Crippen LogP contribution in [-0.2, 0) is 13.2 Å². The van der Waals surface area contributed by atoms with Crippen molar-refractivity contribution in [3.8, 4) is 0 Å². The average molecular weight is 184 g/mol. The van der Waals surface area contributed by atoms with Crippen LogP contribution in [-0.4, -0.2) is 28.3 Å². The third-order valence-electron chi connectivity index (χ3n) is 2.04. The SMILES string of the molecule is CCN(CC)Cc1cc(CO)no1. The lowest BCUT2D eigenvalue weighted by molar-refractivity contribution is 0.243. The fourth-order valence-corrected chi connectivity index (χ4v) is 1.17. The molecule has 0 radical (unpaired) electrons. The van der Waals surface area contributed by atoms with Crippen LogP contribution >= 0.6 is 0 Å². The Balaban J connectivity index is 2.52. The molecule has 0 saturated heterocycles. The smallest absolute Gasteiger partial charge is 0.151 e. The zero-order valence-corrected chi connectivity index (χ0v) is 8.16. The van der Waals surface area contributed by atoms with Crippen molar-refractivity contribution >= 4 is 0 Å². The van der Waals surface area contributed by atoms with Crippen LogP contribution < -0.4 is 0 Å². The Morgan fingerprint density at radius 3 is 2.62 bits per heavy atom. The van der Waals surface area contributed by atoms with Crippen LogP contribution in [0.15, 0.2) is 10.6 Å². The zero-order valence-electron chi connectivity index (χ0n) is 8.16. The van der Waals surface area contributed by atoms with Crippen LogP contribution in [0.25, 0.3) is 0 Å². The van der Waals surface area contributed by atoms with Crippen molar-refractivity contribution < 1.29 is 9.63 Å². The van der Waals surface area contributed by atoms with Crippen LogP contribution in [0.1, 0.15) is 25.3 Å². The maximum atomic E-state index is 8.76. The van der Waals surface area contributed by atoms with E-state index in [0.717, 1.165) is 25.4 Å². The molecule has 74 valence electrons. The summed E-state index contributed by atoms with van der Waals surface area (Å²) in [4.78, 5) is 2.22. The second kappa shape index (κ2) is 4.99. The Kier molecular flexibility index (Phi) is 3.92. The molecule has 13 heavy (non-hydrogen) atoms. The summed E-state index contributed by atoms with van der Waals surface area (Å²) >= 11 is 0. The van der Waals surface area contributed by atoms with Gasteiger partial charge in [0.05, 0.1) is 13.2 Å². The highest BCUT2D eigenvalue weighted by Gasteiger charge is 2.06. The maximum absolute atomic E-state index is 8.76. The topological polar surface area (TPSA) is 49.5 Å². The van der Waals surface area contributed by atoms with Crippen LogP contribution in [0.2, 0.25) is 0 Å². The number of nitrogens with zero attached hydrogens (tertiary/aromatic N) is 2. The minimum Gasteiger partial charge on any atom is -0.390 e. The molecular weight excluding hydrogens is 168 g/mol. The van der Waals surface area contributed by atoms with Gasteiger partial charge in [-0.25, -0.2) is 0 Å². The molecule has 0 aromatic carbocycles. The first-order chi connectivity index (χ1) is 6.30. The Bertz CT molecular complexity index is 244. The van der Waals surface area contributed by atoms with Gasteiger partial charge in [-0.3, -0.25) is 4.90 Å². The van der Waals surface area contributed by atoms with E-state index >= 15 is 0 Å². The molecule has 0 spiro atoms. The standard InChI is InChI=1S/C9H16N2O2/c1-3-11(4-2)6-9-5-8(7-12)10-13-9/h5,12H,3-4,6-7H2,1-2H3. The second-order valence-corrected chi connectivity index (χ2v) is 2.90. The lowest BCUT2D eigenvalue weighted by atomic mass is 10.3. The van der Waals surface area contributed by atoms with Gasteiger partial charge in [-0.1, -0.05) is 19.0 Å². The summed E-state index contributed by atoms with van der Waals surface area (Å²) in [7, 11) is 0. The Labute approximate surface area is 78.1 Å². The Hall–Kier alpha value is -0.870. The van der Waals surface area contributed by atoms with Crippen molar-refractivity contribution in [2.24, 2.45) is 0 Å². The summed E-state index contributed by atoms with van der Waals surface area (Å²) in [6.45, 7) is 6.90. The lowest BCUT2D eigenvalue weighted by Crippen LogP contribution is -2.21. The van der Waals surface area contributed by atoms with Gasteiger partial charge in [0.15, 0.2) is 5.76 Å². The third kappa shape index (κ3) is 2.82. The third-order valence-corrected chi connectivity index (χ3v) is 2.04. The monoisotopic (exact) mass is 184 g/mol. The number of aliphatic hydroxyl groups is 1. The lowest BCUT2D eigenvalue weighted by Gasteiger charge is -2.14. The first-order valence-corrected chi connectivity index (χ1v) is 4.57. The van der Waals surface area contributed by atoms with Gasteiger partial charge < -0.3 is 9.63 Å². The molecule has 0 fully saturated rings. The summed E-state index contributed by atoms with van der Waals surface area (Å²) in [6.07, 6.45) is 0. The van der Waals surface area contributed by atoms with E-state index in [1.165, 1.54) is 0 Å². The number of hydrogen-bond donors (Lipinski definition) is 1. The molecule has 0 aliphatic heterocycles. The van der Waals surface area contributed by atoms with Gasteiger partial charge in [0.25, 0.3) is 0 Å². The molecule has 0 aliphatic carbocycles. The number of aliphatic hydroxyl groups excluding tert-OH is 1. The van der Waals surface area contributed by atoms with Crippen molar-refractivity contribution in [1.29, 1.82) is 0 Å². The molecule has 0 saturated carbocycles. The maximum Gasteiger partial charge on any atom is 0.151 e. The van der Waals surface area contributed by atoms with Gasteiger partial charge in [-0.2, -0.15) is 0 Å². The molecule has 1 heterocycles. The summed E-state index contributed by atoms with van der Waals surface area (Å²) < 4.78 is 5.04. The van der Waals surface area contributed by atoms with E-state index in [9.17, 15) is 0 Å². The van der Waals surface area contributed by atoms with Crippen LogP contribution in [0.5, 0.6) is 0 Å². The zero-order chi connectivity index (χ0) is 9.68. The summed E-state index contributed by atoms with van der Waals surface area (Å²) in [5.41, 5.74) is 0.599. The van der Waals surface area contributed by atoms with E-state index in [-0.39, 0.29) is 6.61 Å². The predicted octanol–water partition coefficient (Wildman–Crippen LogP) is 1.01. The van der Waals surface area contributed by atoms with Gasteiger partial charge in [0.2, 0.25) is 0 Å². The van der Waals surface area contributed by atoms with E-state index in [1.807, 2.05) is 0 Å².